The third kappa shape index (κ3) is 11.3. The topological polar surface area (TPSA) is 204 Å². The number of phenolic OH excluding ortho intramolecular Hbond substituents is 1. The summed E-state index contributed by atoms with van der Waals surface area (Å²) >= 11 is 0. The molecule has 0 aromatic heterocycles. The first kappa shape index (κ1) is 51.3. The second kappa shape index (κ2) is 19.8. The average Bonchev–Trinajstić information content (AvgIpc) is 3.26. The molecule has 366 valence electrons. The number of aromatic carboxylic acids is 1. The largest absolute Gasteiger partial charge is 0.508 e. The summed E-state index contributed by atoms with van der Waals surface area (Å²) in [5, 5.41) is 35.8. The predicted octanol–water partition coefficient (Wildman–Crippen LogP) is 8.69. The summed E-state index contributed by atoms with van der Waals surface area (Å²) in [6, 6.07) is 17.5. The maximum absolute atomic E-state index is 13.6. The fourth-order valence-electron chi connectivity index (χ4n) is 7.47. The van der Waals surface area contributed by atoms with E-state index in [1.54, 1.807) is 0 Å². The quantitative estimate of drug-likeness (QED) is 0.0334. The zero-order valence-electron chi connectivity index (χ0n) is 35.4. The Morgan fingerprint density at radius 1 is 0.725 bits per heavy atom. The van der Waals surface area contributed by atoms with Crippen LogP contribution in [0.1, 0.15) is 57.5 Å². The van der Waals surface area contributed by atoms with Gasteiger partial charge in [-0.3, -0.25) is 18.7 Å². The fourth-order valence-corrected chi connectivity index (χ4v) is 8.99. The second-order valence-corrected chi connectivity index (χ2v) is 17.4. The molecule has 0 unspecified atom stereocenters. The molecule has 0 spiro atoms. The van der Waals surface area contributed by atoms with Crippen molar-refractivity contribution in [3.05, 3.63) is 136 Å². The normalized spacial score (nSPS) is 12.6. The predicted molar refractivity (Wildman–Crippen MR) is 230 cm³/mol. The maximum Gasteiger partial charge on any atom is 0.430 e. The van der Waals surface area contributed by atoms with Gasteiger partial charge in [-0.25, -0.2) is 13.2 Å². The van der Waals surface area contributed by atoms with Gasteiger partial charge in [0.1, 0.15) is 23.6 Å². The molecule has 4 aromatic carbocycles. The highest BCUT2D eigenvalue weighted by molar-refractivity contribution is 7.92. The third-order valence-electron chi connectivity index (χ3n) is 10.8. The first-order chi connectivity index (χ1) is 32.2. The van der Waals surface area contributed by atoms with Gasteiger partial charge in [0.2, 0.25) is 5.91 Å². The van der Waals surface area contributed by atoms with Crippen molar-refractivity contribution in [2.75, 3.05) is 23.9 Å². The Morgan fingerprint density at radius 3 is 2.06 bits per heavy atom. The van der Waals surface area contributed by atoms with Gasteiger partial charge in [0.25, 0.3) is 21.5 Å². The number of alkyl halides is 9. The minimum atomic E-state index is -6.31. The van der Waals surface area contributed by atoms with Crippen LogP contribution in [0.3, 0.4) is 0 Å². The molecular weight excluding hydrogens is 958 g/mol. The molecule has 0 saturated heterocycles. The lowest BCUT2D eigenvalue weighted by Gasteiger charge is -2.33. The first-order valence-corrected chi connectivity index (χ1v) is 21.9. The van der Waals surface area contributed by atoms with E-state index in [-0.39, 0.29) is 99.3 Å². The molecule has 6 rings (SSSR count). The van der Waals surface area contributed by atoms with Gasteiger partial charge in [-0.2, -0.15) is 39.5 Å². The van der Waals surface area contributed by atoms with Crippen LogP contribution in [0.15, 0.2) is 117 Å². The number of carboxylic acids is 1. The van der Waals surface area contributed by atoms with Gasteiger partial charge in [-0.15, -0.1) is 0 Å². The van der Waals surface area contributed by atoms with Crippen molar-refractivity contribution in [1.29, 1.82) is 0 Å². The number of benzene rings is 5. The molecule has 13 nitrogen and oxygen atoms in total. The molecule has 0 atom stereocenters. The maximum atomic E-state index is 13.6. The summed E-state index contributed by atoms with van der Waals surface area (Å²) in [4.78, 5) is 50.1. The van der Waals surface area contributed by atoms with Crippen molar-refractivity contribution in [2.24, 2.45) is 0 Å². The molecule has 5 N–H and O–H groups in total. The SMILES string of the molecule is O=C(CCCCCNC(=O)c1cccc(-c2c3ccc(=O)cc-3oc3cc(O)ccc23)c1C(=O)O)NCCc1cccc(S(=O)(=O)N(CC(F)(F)F)c2ccc(C(O)(C(F)(F)F)C(F)(F)F)cc2)c1. The first-order valence-electron chi connectivity index (χ1n) is 20.5. The Morgan fingerprint density at radius 2 is 1.41 bits per heavy atom. The van der Waals surface area contributed by atoms with Crippen LogP contribution < -0.4 is 20.4 Å². The van der Waals surface area contributed by atoms with Gasteiger partial charge >= 0.3 is 24.5 Å². The Labute approximate surface area is 385 Å². The zero-order chi connectivity index (χ0) is 50.7. The van der Waals surface area contributed by atoms with E-state index in [0.29, 0.717) is 35.8 Å². The molecule has 1 aliphatic heterocycles. The average molecular weight is 996 g/mol. The number of nitrogens with one attached hydrogen (secondary N) is 2. The van der Waals surface area contributed by atoms with Gasteiger partial charge in [0.15, 0.2) is 5.43 Å². The van der Waals surface area contributed by atoms with Crippen LogP contribution in [0.2, 0.25) is 0 Å². The van der Waals surface area contributed by atoms with E-state index in [0.717, 1.165) is 12.1 Å². The lowest BCUT2D eigenvalue weighted by Crippen LogP contribution is -2.53. The van der Waals surface area contributed by atoms with Crippen LogP contribution >= 0.6 is 0 Å². The van der Waals surface area contributed by atoms with Gasteiger partial charge < -0.3 is 30.4 Å². The van der Waals surface area contributed by atoms with E-state index in [1.165, 1.54) is 66.7 Å². The third-order valence-corrected chi connectivity index (χ3v) is 12.5. The number of carbonyl (C=O) groups is 3. The molecule has 69 heavy (non-hydrogen) atoms. The summed E-state index contributed by atoms with van der Waals surface area (Å²) in [7, 11) is -5.19. The molecule has 0 radical (unpaired) electrons. The minimum absolute atomic E-state index is 0.0129. The molecule has 0 fully saturated rings. The molecule has 2 amide bonds. The van der Waals surface area contributed by atoms with Crippen LogP contribution in [-0.4, -0.2) is 79.7 Å². The number of rotatable bonds is 17. The summed E-state index contributed by atoms with van der Waals surface area (Å²) in [6.45, 7) is -2.20. The Kier molecular flexibility index (Phi) is 14.7. The van der Waals surface area contributed by atoms with Crippen LogP contribution in [0.5, 0.6) is 5.75 Å². The van der Waals surface area contributed by atoms with E-state index >= 15 is 0 Å². The molecule has 0 saturated carbocycles. The van der Waals surface area contributed by atoms with Crippen LogP contribution in [0, 0.1) is 0 Å². The molecule has 0 bridgehead atoms. The number of hydrogen-bond acceptors (Lipinski definition) is 9. The number of aromatic hydroxyl groups is 1. The van der Waals surface area contributed by atoms with Crippen LogP contribution in [0.25, 0.3) is 33.4 Å². The Bertz CT molecular complexity index is 3010. The molecule has 23 heteroatoms. The Balaban J connectivity index is 1.03. The molecule has 2 aliphatic rings. The molecule has 1 aliphatic carbocycles. The number of aliphatic hydroxyl groups is 1. The van der Waals surface area contributed by atoms with Crippen molar-refractivity contribution in [3.8, 4) is 28.2 Å². The van der Waals surface area contributed by atoms with Crippen molar-refractivity contribution >= 4 is 44.5 Å². The minimum Gasteiger partial charge on any atom is -0.508 e. The monoisotopic (exact) mass is 995 g/mol. The van der Waals surface area contributed by atoms with Gasteiger partial charge in [-0.1, -0.05) is 42.8 Å². The number of sulfonamides is 1. The number of amides is 2. The number of fused-ring (bicyclic) bond motifs is 2. The smallest absolute Gasteiger partial charge is 0.430 e. The number of carbonyl (C=O) groups excluding carboxylic acids is 2. The summed E-state index contributed by atoms with van der Waals surface area (Å²) in [5.41, 5.74) is -7.82. The number of hydrogen-bond donors (Lipinski definition) is 5. The number of unbranched alkanes of at least 4 members (excludes halogenated alkanes) is 2. The highest BCUT2D eigenvalue weighted by Gasteiger charge is 2.71. The molecule has 4 aromatic rings. The lowest BCUT2D eigenvalue weighted by molar-refractivity contribution is -0.376. The number of carboxylic acid groups (broad SMARTS) is 1. The van der Waals surface area contributed by atoms with Gasteiger partial charge in [-0.05, 0) is 85.0 Å². The number of nitrogens with zero attached hydrogens (tertiary/aromatic N) is 1. The highest BCUT2D eigenvalue weighted by Crippen LogP contribution is 2.50. The second-order valence-electron chi connectivity index (χ2n) is 15.5. The van der Waals surface area contributed by atoms with Crippen molar-refractivity contribution in [2.45, 2.75) is 61.1 Å². The van der Waals surface area contributed by atoms with Crippen molar-refractivity contribution < 1.29 is 82.1 Å². The molecular formula is C46H38F9N3O10S. The van der Waals surface area contributed by atoms with Gasteiger partial charge in [0.05, 0.1) is 21.7 Å². The van der Waals surface area contributed by atoms with E-state index in [1.807, 2.05) is 0 Å². The standard InChI is InChI=1S/C46H38F9N3O10S/c47-43(48,49)25-58(28-13-11-27(12-14-28)44(65,45(50,51)52)46(53,54)55)69(66,67)31-7-4-6-26(22-31)19-21-56-38(61)10-2-1-3-20-57-41(62)35-9-5-8-34(40(35)42(63)64)39-32-17-15-29(59)23-36(32)68-37-24-30(60)16-18-33(37)39/h4-9,11-18,22-24,59,65H,1-3,10,19-21,25H2,(H,56,61)(H,57,62)(H,63,64). The van der Waals surface area contributed by atoms with E-state index in [9.17, 15) is 82.4 Å². The van der Waals surface area contributed by atoms with Crippen LogP contribution in [0.4, 0.5) is 45.2 Å². The Hall–Kier alpha value is -7.14. The zero-order valence-corrected chi connectivity index (χ0v) is 36.2. The van der Waals surface area contributed by atoms with Crippen LogP contribution in [-0.2, 0) is 26.8 Å². The van der Waals surface area contributed by atoms with E-state index in [4.69, 9.17) is 4.42 Å². The lowest BCUT2D eigenvalue weighted by atomic mass is 9.88. The fraction of sp³-hybridized carbons (Fsp3) is 0.261. The highest BCUT2D eigenvalue weighted by atomic mass is 32.2. The van der Waals surface area contributed by atoms with Crippen molar-refractivity contribution in [1.82, 2.24) is 10.6 Å². The summed E-state index contributed by atoms with van der Waals surface area (Å²) in [5.74, 6) is -2.56. The summed E-state index contributed by atoms with van der Waals surface area (Å²) < 4.78 is 154. The number of phenols is 1. The number of anilines is 1. The van der Waals surface area contributed by atoms with E-state index in [2.05, 4.69) is 10.6 Å². The number of halogens is 9. The van der Waals surface area contributed by atoms with E-state index < -0.39 is 74.6 Å². The molecule has 1 heterocycles. The van der Waals surface area contributed by atoms with Crippen molar-refractivity contribution in [3.63, 3.8) is 0 Å². The summed E-state index contributed by atoms with van der Waals surface area (Å²) in [6.07, 6.45) is -16.7. The van der Waals surface area contributed by atoms with Gasteiger partial charge in [0, 0.05) is 53.7 Å².